The zero-order valence-corrected chi connectivity index (χ0v) is 17.4. The number of esters is 1. The maximum Gasteiger partial charge on any atom is 0.309 e. The number of piperidine rings is 1. The van der Waals surface area contributed by atoms with E-state index in [4.69, 9.17) is 4.74 Å². The molecule has 0 amide bonds. The van der Waals surface area contributed by atoms with Crippen LogP contribution >= 0.6 is 0 Å². The summed E-state index contributed by atoms with van der Waals surface area (Å²) >= 11 is 0. The van der Waals surface area contributed by atoms with Crippen LogP contribution in [0.25, 0.3) is 0 Å². The van der Waals surface area contributed by atoms with E-state index in [2.05, 4.69) is 63.7 Å². The lowest BCUT2D eigenvalue weighted by atomic mass is 9.91. The average molecular weight is 394 g/mol. The Hall–Kier alpha value is -2.82. The first-order chi connectivity index (χ1) is 14.2. The highest BCUT2D eigenvalue weighted by Gasteiger charge is 2.27. The molecule has 0 aromatic heterocycles. The van der Waals surface area contributed by atoms with Crippen molar-refractivity contribution < 1.29 is 9.53 Å². The van der Waals surface area contributed by atoms with E-state index in [-0.39, 0.29) is 17.8 Å². The number of hydrogen-bond donors (Lipinski definition) is 1. The molecule has 1 aliphatic rings. The number of rotatable bonds is 6. The first-order valence-electron chi connectivity index (χ1n) is 10.4. The van der Waals surface area contributed by atoms with Gasteiger partial charge in [-0.3, -0.25) is 9.79 Å². The highest BCUT2D eigenvalue weighted by molar-refractivity contribution is 5.80. The highest BCUT2D eigenvalue weighted by atomic mass is 16.5. The van der Waals surface area contributed by atoms with Gasteiger partial charge in [0.05, 0.1) is 12.5 Å². The summed E-state index contributed by atoms with van der Waals surface area (Å²) in [6, 6.07) is 21.1. The summed E-state index contributed by atoms with van der Waals surface area (Å²) in [7, 11) is 1.82. The van der Waals surface area contributed by atoms with Gasteiger partial charge in [-0.15, -0.1) is 0 Å². The lowest BCUT2D eigenvalue weighted by Crippen LogP contribution is -2.47. The zero-order chi connectivity index (χ0) is 20.5. The molecule has 0 bridgehead atoms. The molecule has 0 saturated carbocycles. The van der Waals surface area contributed by atoms with Crippen molar-refractivity contribution in [1.29, 1.82) is 0 Å². The molecule has 2 aromatic carbocycles. The second-order valence-electron chi connectivity index (χ2n) is 7.32. The second kappa shape index (κ2) is 10.6. The molecule has 1 heterocycles. The predicted octanol–water partition coefficient (Wildman–Crippen LogP) is 3.67. The minimum atomic E-state index is -0.0664. The predicted molar refractivity (Wildman–Crippen MR) is 117 cm³/mol. The molecule has 5 nitrogen and oxygen atoms in total. The number of hydrogen-bond acceptors (Lipinski definition) is 3. The summed E-state index contributed by atoms with van der Waals surface area (Å²) in [4.78, 5) is 18.7. The maximum absolute atomic E-state index is 12.0. The number of guanidine groups is 1. The Morgan fingerprint density at radius 3 is 2.10 bits per heavy atom. The number of carbonyl (C=O) groups excluding carboxylic acids is 1. The van der Waals surface area contributed by atoms with Crippen molar-refractivity contribution >= 4 is 11.9 Å². The van der Waals surface area contributed by atoms with Crippen LogP contribution in [-0.2, 0) is 9.53 Å². The summed E-state index contributed by atoms with van der Waals surface area (Å²) in [5, 5.41) is 3.57. The van der Waals surface area contributed by atoms with E-state index in [0.29, 0.717) is 6.61 Å². The molecule has 29 heavy (non-hydrogen) atoms. The summed E-state index contributed by atoms with van der Waals surface area (Å²) in [5.41, 5.74) is 2.56. The molecule has 0 spiro atoms. The molecule has 1 saturated heterocycles. The lowest BCUT2D eigenvalue weighted by Gasteiger charge is -2.34. The van der Waals surface area contributed by atoms with Gasteiger partial charge in [-0.2, -0.15) is 0 Å². The van der Waals surface area contributed by atoms with Gasteiger partial charge >= 0.3 is 5.97 Å². The molecule has 1 aliphatic heterocycles. The van der Waals surface area contributed by atoms with E-state index >= 15 is 0 Å². The Morgan fingerprint density at radius 2 is 1.62 bits per heavy atom. The Morgan fingerprint density at radius 1 is 1.07 bits per heavy atom. The number of carbonyl (C=O) groups is 1. The molecule has 0 radical (unpaired) electrons. The monoisotopic (exact) mass is 393 g/mol. The van der Waals surface area contributed by atoms with Crippen molar-refractivity contribution in [3.05, 3.63) is 71.8 Å². The van der Waals surface area contributed by atoms with Crippen molar-refractivity contribution in [3.8, 4) is 0 Å². The molecule has 5 heteroatoms. The van der Waals surface area contributed by atoms with Gasteiger partial charge in [0.2, 0.25) is 0 Å². The highest BCUT2D eigenvalue weighted by Crippen LogP contribution is 2.24. The number of aliphatic imine (C=N–C) groups is 1. The van der Waals surface area contributed by atoms with E-state index in [9.17, 15) is 4.79 Å². The largest absolute Gasteiger partial charge is 0.466 e. The first kappa shape index (κ1) is 20.9. The number of nitrogens with zero attached hydrogens (tertiary/aromatic N) is 2. The van der Waals surface area contributed by atoms with Gasteiger partial charge in [0, 0.05) is 32.6 Å². The van der Waals surface area contributed by atoms with E-state index in [0.717, 1.165) is 38.4 Å². The average Bonchev–Trinajstić information content (AvgIpc) is 2.78. The molecular weight excluding hydrogens is 362 g/mol. The summed E-state index contributed by atoms with van der Waals surface area (Å²) in [5.74, 6) is 1.07. The molecule has 154 valence electrons. The quantitative estimate of drug-likeness (QED) is 0.462. The van der Waals surface area contributed by atoms with Gasteiger partial charge in [-0.05, 0) is 30.9 Å². The fourth-order valence-electron chi connectivity index (χ4n) is 3.91. The minimum Gasteiger partial charge on any atom is -0.466 e. The Labute approximate surface area is 173 Å². The van der Waals surface area contributed by atoms with Crippen molar-refractivity contribution in [2.45, 2.75) is 25.7 Å². The van der Waals surface area contributed by atoms with Crippen LogP contribution in [0.5, 0.6) is 0 Å². The number of nitrogens with one attached hydrogen (secondary N) is 1. The number of ether oxygens (including phenoxy) is 1. The van der Waals surface area contributed by atoms with E-state index < -0.39 is 0 Å². The third-order valence-corrected chi connectivity index (χ3v) is 5.49. The first-order valence-corrected chi connectivity index (χ1v) is 10.4. The van der Waals surface area contributed by atoms with Crippen LogP contribution in [0.2, 0.25) is 0 Å². The summed E-state index contributed by atoms with van der Waals surface area (Å²) in [6.07, 6.45) is 1.61. The number of benzene rings is 2. The van der Waals surface area contributed by atoms with Crippen molar-refractivity contribution in [3.63, 3.8) is 0 Å². The van der Waals surface area contributed by atoms with Crippen LogP contribution in [0.15, 0.2) is 65.7 Å². The molecule has 1 fully saturated rings. The van der Waals surface area contributed by atoms with Gasteiger partial charge in [-0.25, -0.2) is 0 Å². The standard InChI is InChI=1S/C24H31N3O2/c1-3-29-23(28)21-14-16-27(17-15-21)24(25-2)26-18-22(19-10-6-4-7-11-19)20-12-8-5-9-13-20/h4-13,21-22H,3,14-18H2,1-2H3,(H,25,26). The molecule has 0 aliphatic carbocycles. The lowest BCUT2D eigenvalue weighted by molar-refractivity contribution is -0.149. The Kier molecular flexibility index (Phi) is 7.68. The fourth-order valence-corrected chi connectivity index (χ4v) is 3.91. The Bertz CT molecular complexity index is 745. The Balaban J connectivity index is 1.63. The SMILES string of the molecule is CCOC(=O)C1CCN(C(=NC)NCC(c2ccccc2)c2ccccc2)CC1. The van der Waals surface area contributed by atoms with Crippen molar-refractivity contribution in [1.82, 2.24) is 10.2 Å². The molecule has 3 rings (SSSR count). The van der Waals surface area contributed by atoms with Crippen LogP contribution in [0.1, 0.15) is 36.8 Å². The van der Waals surface area contributed by atoms with E-state index in [1.165, 1.54) is 11.1 Å². The van der Waals surface area contributed by atoms with Crippen molar-refractivity contribution in [2.75, 3.05) is 33.3 Å². The minimum absolute atomic E-state index is 0.00527. The molecular formula is C24H31N3O2. The van der Waals surface area contributed by atoms with Gasteiger partial charge in [0.1, 0.15) is 0 Å². The van der Waals surface area contributed by atoms with Gasteiger partial charge in [-0.1, -0.05) is 60.7 Å². The van der Waals surface area contributed by atoms with Crippen LogP contribution in [0.3, 0.4) is 0 Å². The van der Waals surface area contributed by atoms with E-state index in [1.807, 2.05) is 26.1 Å². The fraction of sp³-hybridized carbons (Fsp3) is 0.417. The van der Waals surface area contributed by atoms with Crippen LogP contribution < -0.4 is 5.32 Å². The third-order valence-electron chi connectivity index (χ3n) is 5.49. The van der Waals surface area contributed by atoms with Gasteiger partial charge in [0.15, 0.2) is 5.96 Å². The van der Waals surface area contributed by atoms with E-state index in [1.54, 1.807) is 0 Å². The maximum atomic E-state index is 12.0. The van der Waals surface area contributed by atoms with Gasteiger partial charge in [0.25, 0.3) is 0 Å². The zero-order valence-electron chi connectivity index (χ0n) is 17.4. The normalized spacial score (nSPS) is 15.4. The van der Waals surface area contributed by atoms with Crippen LogP contribution in [0, 0.1) is 5.92 Å². The molecule has 0 atom stereocenters. The topological polar surface area (TPSA) is 53.9 Å². The summed E-state index contributed by atoms with van der Waals surface area (Å²) < 4.78 is 5.18. The molecule has 0 unspecified atom stereocenters. The van der Waals surface area contributed by atoms with Crippen LogP contribution in [-0.4, -0.2) is 50.1 Å². The third kappa shape index (κ3) is 5.59. The number of likely N-dealkylation sites (tertiary alicyclic amines) is 1. The molecule has 2 aromatic rings. The van der Waals surface area contributed by atoms with Crippen LogP contribution in [0.4, 0.5) is 0 Å². The second-order valence-corrected chi connectivity index (χ2v) is 7.32. The summed E-state index contributed by atoms with van der Waals surface area (Å²) in [6.45, 7) is 4.69. The molecule has 1 N–H and O–H groups in total. The van der Waals surface area contributed by atoms with Gasteiger partial charge < -0.3 is 15.0 Å². The van der Waals surface area contributed by atoms with Crippen molar-refractivity contribution in [2.24, 2.45) is 10.9 Å². The smallest absolute Gasteiger partial charge is 0.309 e.